The zero-order valence-corrected chi connectivity index (χ0v) is 23.1. The SMILES string of the molecule is COc1cc(N2CCC(N3CCOCC3)CC2)ccc1Nc1nc(Nc2cc(F)c(F)cc2C(N)=O)c2cc[nH]c2n1. The Morgan fingerprint density at radius 3 is 2.52 bits per heavy atom. The molecule has 42 heavy (non-hydrogen) atoms. The lowest BCUT2D eigenvalue weighted by Crippen LogP contribution is -2.49. The van der Waals surface area contributed by atoms with Crippen molar-refractivity contribution in [3.8, 4) is 5.75 Å². The molecule has 0 saturated carbocycles. The number of hydrogen-bond donors (Lipinski definition) is 4. The van der Waals surface area contributed by atoms with Gasteiger partial charge in [-0.3, -0.25) is 9.69 Å². The molecule has 2 saturated heterocycles. The number of primary amides is 1. The van der Waals surface area contributed by atoms with E-state index < -0.39 is 17.5 Å². The molecule has 2 aromatic carbocycles. The molecule has 0 bridgehead atoms. The Bertz CT molecular complexity index is 1600. The number of amides is 1. The first-order valence-electron chi connectivity index (χ1n) is 13.8. The molecular weight excluding hydrogens is 546 g/mol. The molecule has 220 valence electrons. The number of methoxy groups -OCH3 is 1. The number of H-pyrrole nitrogens is 1. The van der Waals surface area contributed by atoms with Crippen LogP contribution >= 0.6 is 0 Å². The molecule has 4 heterocycles. The van der Waals surface area contributed by atoms with Gasteiger partial charge in [0.2, 0.25) is 5.95 Å². The Labute approximate surface area is 241 Å². The van der Waals surface area contributed by atoms with Crippen LogP contribution in [-0.2, 0) is 4.74 Å². The van der Waals surface area contributed by atoms with Crippen LogP contribution in [0.4, 0.5) is 37.6 Å². The van der Waals surface area contributed by atoms with E-state index in [1.54, 1.807) is 19.4 Å². The van der Waals surface area contributed by atoms with Gasteiger partial charge in [-0.15, -0.1) is 0 Å². The van der Waals surface area contributed by atoms with Crippen LogP contribution in [0.5, 0.6) is 5.75 Å². The fraction of sp³-hybridized carbons (Fsp3) is 0.345. The number of aromatic nitrogens is 3. The Morgan fingerprint density at radius 1 is 1.02 bits per heavy atom. The van der Waals surface area contributed by atoms with Crippen molar-refractivity contribution < 1.29 is 23.0 Å². The summed E-state index contributed by atoms with van der Waals surface area (Å²) in [6.07, 6.45) is 3.86. The molecule has 6 rings (SSSR count). The Kier molecular flexibility index (Phi) is 7.76. The number of carbonyl (C=O) groups is 1. The molecule has 5 N–H and O–H groups in total. The van der Waals surface area contributed by atoms with Crippen LogP contribution in [0.2, 0.25) is 0 Å². The Morgan fingerprint density at radius 2 is 1.79 bits per heavy atom. The van der Waals surface area contributed by atoms with Gasteiger partial charge >= 0.3 is 0 Å². The minimum absolute atomic E-state index is 0.0205. The lowest BCUT2D eigenvalue weighted by Gasteiger charge is -2.40. The zero-order valence-electron chi connectivity index (χ0n) is 23.1. The van der Waals surface area contributed by atoms with Crippen LogP contribution in [0.25, 0.3) is 11.0 Å². The number of piperidine rings is 1. The van der Waals surface area contributed by atoms with Crippen molar-refractivity contribution in [1.82, 2.24) is 19.9 Å². The molecule has 1 amide bonds. The highest BCUT2D eigenvalue weighted by Gasteiger charge is 2.26. The monoisotopic (exact) mass is 578 g/mol. The number of rotatable bonds is 8. The topological polar surface area (TPSA) is 134 Å². The van der Waals surface area contributed by atoms with Crippen LogP contribution < -0.4 is 26.0 Å². The third-order valence-electron chi connectivity index (χ3n) is 7.82. The van der Waals surface area contributed by atoms with Gasteiger partial charge in [-0.2, -0.15) is 9.97 Å². The van der Waals surface area contributed by atoms with Gasteiger partial charge in [0, 0.05) is 56.2 Å². The fourth-order valence-electron chi connectivity index (χ4n) is 5.61. The molecular formula is C29H32F2N8O3. The number of ether oxygens (including phenoxy) is 2. The second kappa shape index (κ2) is 11.8. The van der Waals surface area contributed by atoms with Gasteiger partial charge in [-0.1, -0.05) is 0 Å². The van der Waals surface area contributed by atoms with Crippen LogP contribution in [0.1, 0.15) is 23.2 Å². The van der Waals surface area contributed by atoms with E-state index in [9.17, 15) is 13.6 Å². The summed E-state index contributed by atoms with van der Waals surface area (Å²) in [6, 6.07) is 9.87. The summed E-state index contributed by atoms with van der Waals surface area (Å²) in [5, 5.41) is 6.69. The summed E-state index contributed by atoms with van der Waals surface area (Å²) in [5.74, 6) is -2.13. The highest BCUT2D eigenvalue weighted by Crippen LogP contribution is 2.34. The van der Waals surface area contributed by atoms with Crippen molar-refractivity contribution in [2.45, 2.75) is 18.9 Å². The molecule has 0 spiro atoms. The van der Waals surface area contributed by atoms with E-state index in [-0.39, 0.29) is 23.0 Å². The lowest BCUT2D eigenvalue weighted by atomic mass is 10.0. The summed E-state index contributed by atoms with van der Waals surface area (Å²) >= 11 is 0. The molecule has 11 nitrogen and oxygen atoms in total. The molecule has 13 heteroatoms. The number of aromatic amines is 1. The maximum Gasteiger partial charge on any atom is 0.250 e. The summed E-state index contributed by atoms with van der Waals surface area (Å²) in [6.45, 7) is 5.53. The molecule has 2 aliphatic heterocycles. The van der Waals surface area contributed by atoms with Crippen LogP contribution in [0.15, 0.2) is 42.6 Å². The van der Waals surface area contributed by atoms with Crippen LogP contribution in [0.3, 0.4) is 0 Å². The number of carbonyl (C=O) groups excluding carboxylic acids is 1. The predicted molar refractivity (Wildman–Crippen MR) is 156 cm³/mol. The molecule has 4 aromatic rings. The van der Waals surface area contributed by atoms with E-state index in [4.69, 9.17) is 15.2 Å². The maximum absolute atomic E-state index is 14.1. The smallest absolute Gasteiger partial charge is 0.250 e. The average Bonchev–Trinajstić information content (AvgIpc) is 3.49. The third-order valence-corrected chi connectivity index (χ3v) is 7.82. The van der Waals surface area contributed by atoms with Gasteiger partial charge in [-0.25, -0.2) is 8.78 Å². The molecule has 0 radical (unpaired) electrons. The van der Waals surface area contributed by atoms with Gasteiger partial charge < -0.3 is 35.7 Å². The number of fused-ring (bicyclic) bond motifs is 1. The number of halogens is 2. The van der Waals surface area contributed by atoms with Crippen LogP contribution in [-0.4, -0.2) is 78.3 Å². The van der Waals surface area contributed by atoms with Gasteiger partial charge in [0.25, 0.3) is 5.91 Å². The largest absolute Gasteiger partial charge is 0.494 e. The zero-order chi connectivity index (χ0) is 29.2. The lowest BCUT2D eigenvalue weighted by molar-refractivity contribution is 0.0115. The molecule has 0 aliphatic carbocycles. The number of hydrogen-bond acceptors (Lipinski definition) is 9. The van der Waals surface area contributed by atoms with E-state index in [0.717, 1.165) is 70.1 Å². The highest BCUT2D eigenvalue weighted by atomic mass is 19.2. The number of nitrogens with zero attached hydrogens (tertiary/aromatic N) is 4. The summed E-state index contributed by atoms with van der Waals surface area (Å²) in [7, 11) is 1.60. The van der Waals surface area contributed by atoms with Crippen LogP contribution in [0, 0.1) is 11.6 Å². The Hall–Kier alpha value is -4.49. The standard InChI is InChI=1S/C29H32F2N8O3/c1-41-25-14-18(38-8-5-17(6-9-38)39-10-12-42-13-11-39)2-3-23(25)35-29-36-27-19(4-7-33-27)28(37-29)34-24-16-22(31)21(30)15-20(24)26(32)40/h2-4,7,14-17H,5-6,8-13H2,1H3,(H2,32,40)(H3,33,34,35,36,37). The van der Waals surface area contributed by atoms with Crippen molar-refractivity contribution in [3.63, 3.8) is 0 Å². The summed E-state index contributed by atoms with van der Waals surface area (Å²) in [5.41, 5.74) is 7.37. The fourth-order valence-corrected chi connectivity index (χ4v) is 5.61. The molecule has 0 atom stereocenters. The first kappa shape index (κ1) is 27.7. The number of nitrogens with two attached hydrogens (primary N) is 1. The van der Waals surface area contributed by atoms with E-state index in [1.165, 1.54) is 0 Å². The van der Waals surface area contributed by atoms with Gasteiger partial charge in [-0.05, 0) is 37.1 Å². The number of benzene rings is 2. The number of nitrogens with one attached hydrogen (secondary N) is 3. The van der Waals surface area contributed by atoms with E-state index in [2.05, 4.69) is 35.4 Å². The maximum atomic E-state index is 14.1. The minimum Gasteiger partial charge on any atom is -0.494 e. The van der Waals surface area contributed by atoms with Gasteiger partial charge in [0.05, 0.1) is 42.6 Å². The number of anilines is 5. The molecule has 0 unspecified atom stereocenters. The van der Waals surface area contributed by atoms with Gasteiger partial charge in [0.15, 0.2) is 11.6 Å². The normalized spacial score (nSPS) is 16.5. The van der Waals surface area contributed by atoms with E-state index >= 15 is 0 Å². The second-order valence-electron chi connectivity index (χ2n) is 10.3. The molecule has 2 aromatic heterocycles. The van der Waals surface area contributed by atoms with Crippen molar-refractivity contribution in [3.05, 3.63) is 59.8 Å². The first-order valence-corrected chi connectivity index (χ1v) is 13.8. The predicted octanol–water partition coefficient (Wildman–Crippen LogP) is 4.13. The third kappa shape index (κ3) is 5.65. The Balaban J connectivity index is 1.22. The van der Waals surface area contributed by atoms with Crippen molar-refractivity contribution >= 4 is 45.8 Å². The quantitative estimate of drug-likeness (QED) is 0.244. The van der Waals surface area contributed by atoms with E-state index in [1.807, 2.05) is 18.2 Å². The van der Waals surface area contributed by atoms with Gasteiger partial charge in [0.1, 0.15) is 17.2 Å². The second-order valence-corrected chi connectivity index (χ2v) is 10.3. The summed E-state index contributed by atoms with van der Waals surface area (Å²) in [4.78, 5) is 29.0. The summed E-state index contributed by atoms with van der Waals surface area (Å²) < 4.78 is 39.1. The molecule has 2 fully saturated rings. The van der Waals surface area contributed by atoms with E-state index in [0.29, 0.717) is 28.5 Å². The molecule has 2 aliphatic rings. The minimum atomic E-state index is -1.18. The van der Waals surface area contributed by atoms with Crippen molar-refractivity contribution in [1.29, 1.82) is 0 Å². The first-order chi connectivity index (χ1) is 20.4. The highest BCUT2D eigenvalue weighted by molar-refractivity contribution is 6.00. The average molecular weight is 579 g/mol. The number of morpholine rings is 1. The van der Waals surface area contributed by atoms with Crippen molar-refractivity contribution in [2.75, 3.05) is 62.0 Å². The van der Waals surface area contributed by atoms with Crippen molar-refractivity contribution in [2.24, 2.45) is 5.73 Å².